The number of aliphatic imine (C=N–C) groups is 1. The molecule has 0 radical (unpaired) electrons. The lowest BCUT2D eigenvalue weighted by Crippen LogP contribution is -2.72. The van der Waals surface area contributed by atoms with Gasteiger partial charge in [-0.1, -0.05) is 33.6 Å². The van der Waals surface area contributed by atoms with Crippen LogP contribution in [0.5, 0.6) is 0 Å². The van der Waals surface area contributed by atoms with Gasteiger partial charge in [0.1, 0.15) is 12.0 Å². The molecule has 0 fully saturated rings. The second-order valence-electron chi connectivity index (χ2n) is 4.29. The van der Waals surface area contributed by atoms with E-state index >= 15 is 0 Å². The van der Waals surface area contributed by atoms with Crippen LogP contribution in [0.25, 0.3) is 0 Å². The molecule has 0 saturated carbocycles. The van der Waals surface area contributed by atoms with Gasteiger partial charge in [-0.15, -0.1) is 0 Å². The summed E-state index contributed by atoms with van der Waals surface area (Å²) in [5.74, 6) is 6.40. The van der Waals surface area contributed by atoms with Crippen LogP contribution in [0.15, 0.2) is 4.99 Å². The van der Waals surface area contributed by atoms with E-state index in [9.17, 15) is 0 Å². The van der Waals surface area contributed by atoms with Gasteiger partial charge >= 0.3 is 0 Å². The van der Waals surface area contributed by atoms with E-state index in [1.54, 1.807) is 9.31 Å². The number of hydrogen-bond donors (Lipinski definition) is 3. The fourth-order valence-corrected chi connectivity index (χ4v) is 2.03. The van der Waals surface area contributed by atoms with E-state index < -0.39 is 5.79 Å². The molecule has 0 aromatic heterocycles. The van der Waals surface area contributed by atoms with Crippen molar-refractivity contribution in [3.8, 4) is 0 Å². The van der Waals surface area contributed by atoms with Crippen molar-refractivity contribution in [3.63, 3.8) is 0 Å². The lowest BCUT2D eigenvalue weighted by molar-refractivity contribution is -0.0355. The van der Waals surface area contributed by atoms with E-state index in [1.165, 1.54) is 0 Å². The van der Waals surface area contributed by atoms with E-state index in [-0.39, 0.29) is 6.17 Å². The molecular weight excluding hydrogens is 210 g/mol. The summed E-state index contributed by atoms with van der Waals surface area (Å²) in [6.45, 7) is 8.03. The van der Waals surface area contributed by atoms with Crippen molar-refractivity contribution in [2.45, 2.75) is 46.1 Å². The normalized spacial score (nSPS) is 33.5. The highest BCUT2D eigenvalue weighted by molar-refractivity contribution is 7.78. The summed E-state index contributed by atoms with van der Waals surface area (Å²) in [7, 11) is 0. The first-order valence-electron chi connectivity index (χ1n) is 5.21. The Kier molecular flexibility index (Phi) is 3.65. The standard InChI is InChI=1S/C9H21N5S/c1-5-9(10)13(11)8(6(2)3)12-7(4)14(9)15/h6,8,15H,5,10-11H2,1-4H3. The molecule has 0 saturated heterocycles. The van der Waals surface area contributed by atoms with Crippen molar-refractivity contribution in [3.05, 3.63) is 0 Å². The maximum absolute atomic E-state index is 6.23. The van der Waals surface area contributed by atoms with Crippen molar-refractivity contribution in [1.29, 1.82) is 0 Å². The third-order valence-corrected chi connectivity index (χ3v) is 3.48. The molecule has 6 heteroatoms. The van der Waals surface area contributed by atoms with Gasteiger partial charge in [0.25, 0.3) is 0 Å². The van der Waals surface area contributed by atoms with Crippen LogP contribution in [0, 0.1) is 5.92 Å². The SMILES string of the molecule is CCC1(N)N(S)C(C)=NC(C(C)C)N1N. The Hall–Kier alpha value is -0.300. The van der Waals surface area contributed by atoms with E-state index in [1.807, 2.05) is 13.8 Å². The highest BCUT2D eigenvalue weighted by Crippen LogP contribution is 2.28. The van der Waals surface area contributed by atoms with Crippen LogP contribution < -0.4 is 11.6 Å². The van der Waals surface area contributed by atoms with Crippen molar-refractivity contribution in [2.75, 3.05) is 0 Å². The highest BCUT2D eigenvalue weighted by atomic mass is 32.1. The van der Waals surface area contributed by atoms with E-state index in [0.29, 0.717) is 12.3 Å². The Bertz CT molecular complexity index is 267. The van der Waals surface area contributed by atoms with Gasteiger partial charge in [0, 0.05) is 0 Å². The molecule has 2 atom stereocenters. The predicted molar refractivity (Wildman–Crippen MR) is 65.8 cm³/mol. The van der Waals surface area contributed by atoms with E-state index in [2.05, 4.69) is 31.7 Å². The molecule has 0 aliphatic carbocycles. The van der Waals surface area contributed by atoms with Gasteiger partial charge in [0.05, 0.1) is 0 Å². The first-order valence-corrected chi connectivity index (χ1v) is 5.61. The fourth-order valence-electron chi connectivity index (χ4n) is 1.73. The van der Waals surface area contributed by atoms with Gasteiger partial charge in [-0.05, 0) is 19.3 Å². The minimum absolute atomic E-state index is 0.0849. The summed E-state index contributed by atoms with van der Waals surface area (Å²) in [5.41, 5.74) is 6.23. The van der Waals surface area contributed by atoms with Crippen molar-refractivity contribution in [2.24, 2.45) is 22.5 Å². The van der Waals surface area contributed by atoms with Gasteiger partial charge < -0.3 is 0 Å². The summed E-state index contributed by atoms with van der Waals surface area (Å²) < 4.78 is 1.63. The van der Waals surface area contributed by atoms with Gasteiger partial charge in [0.2, 0.25) is 0 Å². The molecule has 0 amide bonds. The topological polar surface area (TPSA) is 70.9 Å². The summed E-state index contributed by atoms with van der Waals surface area (Å²) in [4.78, 5) is 4.47. The van der Waals surface area contributed by atoms with Gasteiger partial charge in [0.15, 0.2) is 5.79 Å². The number of amidine groups is 1. The predicted octanol–water partition coefficient (Wildman–Crippen LogP) is 0.745. The first kappa shape index (κ1) is 12.8. The Morgan fingerprint density at radius 1 is 1.60 bits per heavy atom. The molecule has 5 nitrogen and oxygen atoms in total. The Labute approximate surface area is 97.0 Å². The highest BCUT2D eigenvalue weighted by Gasteiger charge is 2.43. The zero-order valence-corrected chi connectivity index (χ0v) is 10.7. The summed E-state index contributed by atoms with van der Waals surface area (Å²) in [6.07, 6.45) is 0.599. The minimum atomic E-state index is -0.760. The average molecular weight is 231 g/mol. The average Bonchev–Trinajstić information content (AvgIpc) is 2.20. The number of nitrogens with two attached hydrogens (primary N) is 2. The van der Waals surface area contributed by atoms with Crippen LogP contribution in [0.3, 0.4) is 0 Å². The minimum Gasteiger partial charge on any atom is -0.294 e. The van der Waals surface area contributed by atoms with Crippen molar-refractivity contribution < 1.29 is 0 Å². The Morgan fingerprint density at radius 3 is 2.53 bits per heavy atom. The van der Waals surface area contributed by atoms with Gasteiger partial charge in [-0.3, -0.25) is 20.9 Å². The zero-order valence-electron chi connectivity index (χ0n) is 9.81. The molecule has 88 valence electrons. The number of hydrogen-bond acceptors (Lipinski definition) is 6. The lowest BCUT2D eigenvalue weighted by Gasteiger charge is -2.50. The molecule has 1 rings (SSSR count). The van der Waals surface area contributed by atoms with Crippen LogP contribution in [0.1, 0.15) is 34.1 Å². The maximum atomic E-state index is 6.23. The molecule has 0 aromatic rings. The lowest BCUT2D eigenvalue weighted by atomic mass is 10.1. The van der Waals surface area contributed by atoms with E-state index in [0.717, 1.165) is 5.84 Å². The summed E-state index contributed by atoms with van der Waals surface area (Å²) in [5, 5.41) is 1.59. The quantitative estimate of drug-likeness (QED) is 0.484. The molecule has 1 aliphatic heterocycles. The van der Waals surface area contributed by atoms with Crippen LogP contribution in [0.4, 0.5) is 0 Å². The smallest absolute Gasteiger partial charge is 0.170 e. The molecule has 15 heavy (non-hydrogen) atoms. The Morgan fingerprint density at radius 2 is 2.13 bits per heavy atom. The number of thiol groups is 1. The molecule has 1 aliphatic rings. The maximum Gasteiger partial charge on any atom is 0.170 e. The number of hydrazine groups is 1. The summed E-state index contributed by atoms with van der Waals surface area (Å²) >= 11 is 4.34. The van der Waals surface area contributed by atoms with Gasteiger partial charge in [-0.2, -0.15) is 5.01 Å². The van der Waals surface area contributed by atoms with Crippen LogP contribution in [0.2, 0.25) is 0 Å². The molecule has 0 spiro atoms. The third-order valence-electron chi connectivity index (χ3n) is 2.84. The van der Waals surface area contributed by atoms with Crippen molar-refractivity contribution in [1.82, 2.24) is 9.31 Å². The van der Waals surface area contributed by atoms with E-state index in [4.69, 9.17) is 11.6 Å². The van der Waals surface area contributed by atoms with Crippen molar-refractivity contribution >= 4 is 18.7 Å². The monoisotopic (exact) mass is 231 g/mol. The third kappa shape index (κ3) is 1.99. The molecule has 0 bridgehead atoms. The summed E-state index contributed by atoms with van der Waals surface area (Å²) in [6, 6.07) is 0. The fraction of sp³-hybridized carbons (Fsp3) is 0.889. The van der Waals surface area contributed by atoms with Crippen LogP contribution in [-0.4, -0.2) is 27.1 Å². The zero-order chi connectivity index (χ0) is 11.8. The second-order valence-corrected chi connectivity index (χ2v) is 4.69. The molecule has 2 unspecified atom stereocenters. The van der Waals surface area contributed by atoms with Crippen LogP contribution in [-0.2, 0) is 0 Å². The molecule has 0 aromatic carbocycles. The Balaban J connectivity index is 3.09. The molecule has 1 heterocycles. The number of rotatable bonds is 2. The first-order chi connectivity index (χ1) is 6.84. The number of nitrogens with zero attached hydrogens (tertiary/aromatic N) is 3. The second kappa shape index (κ2) is 4.29. The largest absolute Gasteiger partial charge is 0.294 e. The van der Waals surface area contributed by atoms with Crippen LogP contribution >= 0.6 is 12.8 Å². The molecule has 4 N–H and O–H groups in total. The molecular formula is C9H21N5S. The van der Waals surface area contributed by atoms with Gasteiger partial charge in [-0.25, -0.2) is 0 Å².